The molecule has 2 aromatic rings. The first-order valence-corrected chi connectivity index (χ1v) is 10.5. The van der Waals surface area contributed by atoms with E-state index in [-0.39, 0.29) is 36.1 Å². The maximum atomic E-state index is 13.0. The maximum Gasteiger partial charge on any atom is 0.252 e. The Morgan fingerprint density at radius 1 is 1.18 bits per heavy atom. The van der Waals surface area contributed by atoms with Gasteiger partial charge in [-0.1, -0.05) is 12.1 Å². The molecule has 9 heteroatoms. The molecule has 28 heavy (non-hydrogen) atoms. The molecule has 1 unspecified atom stereocenters. The lowest BCUT2D eigenvalue weighted by Crippen LogP contribution is -2.41. The fraction of sp³-hybridized carbons (Fsp3) is 0.421. The third kappa shape index (κ3) is 4.44. The average molecular weight is 407 g/mol. The second-order valence-electron chi connectivity index (χ2n) is 6.72. The van der Waals surface area contributed by atoms with Crippen molar-refractivity contribution in [3.05, 3.63) is 54.0 Å². The summed E-state index contributed by atoms with van der Waals surface area (Å²) in [6.45, 7) is 1.53. The van der Waals surface area contributed by atoms with E-state index in [1.54, 1.807) is 24.5 Å². The zero-order chi connectivity index (χ0) is 20.1. The molecule has 0 aliphatic carbocycles. The minimum atomic E-state index is -3.77. The summed E-state index contributed by atoms with van der Waals surface area (Å²) in [6.07, 6.45) is 1.58. The minimum absolute atomic E-state index is 0.00815. The zero-order valence-corrected chi connectivity index (χ0v) is 16.8. The van der Waals surface area contributed by atoms with Crippen molar-refractivity contribution < 1.29 is 22.4 Å². The van der Waals surface area contributed by atoms with Gasteiger partial charge in [0.2, 0.25) is 10.0 Å². The summed E-state index contributed by atoms with van der Waals surface area (Å²) in [5.41, 5.74) is 0.131. The second-order valence-corrected chi connectivity index (χ2v) is 8.62. The van der Waals surface area contributed by atoms with Crippen LogP contribution in [0.4, 0.5) is 0 Å². The molecule has 0 saturated carbocycles. The number of furan rings is 1. The van der Waals surface area contributed by atoms with Crippen LogP contribution in [-0.4, -0.2) is 70.5 Å². The molecular weight excluding hydrogens is 382 g/mol. The molecule has 152 valence electrons. The summed E-state index contributed by atoms with van der Waals surface area (Å²) in [5, 5.41) is 2.84. The Morgan fingerprint density at radius 3 is 2.54 bits per heavy atom. The number of carbonyl (C=O) groups excluding carboxylic acids is 1. The lowest BCUT2D eigenvalue weighted by molar-refractivity contribution is 0.0729. The van der Waals surface area contributed by atoms with E-state index in [9.17, 15) is 13.2 Å². The van der Waals surface area contributed by atoms with E-state index in [0.717, 1.165) is 5.76 Å². The van der Waals surface area contributed by atoms with Crippen molar-refractivity contribution in [3.63, 3.8) is 0 Å². The van der Waals surface area contributed by atoms with Gasteiger partial charge >= 0.3 is 0 Å². The van der Waals surface area contributed by atoms with E-state index < -0.39 is 15.9 Å². The number of nitrogens with zero attached hydrogens (tertiary/aromatic N) is 2. The summed E-state index contributed by atoms with van der Waals surface area (Å²) in [6, 6.07) is 9.74. The highest BCUT2D eigenvalue weighted by Crippen LogP contribution is 2.22. The van der Waals surface area contributed by atoms with Crippen LogP contribution in [0.5, 0.6) is 0 Å². The van der Waals surface area contributed by atoms with Gasteiger partial charge in [0, 0.05) is 19.6 Å². The summed E-state index contributed by atoms with van der Waals surface area (Å²) in [4.78, 5) is 14.8. The van der Waals surface area contributed by atoms with Crippen molar-refractivity contribution in [3.8, 4) is 0 Å². The van der Waals surface area contributed by atoms with Gasteiger partial charge in [-0.2, -0.15) is 4.31 Å². The fourth-order valence-electron chi connectivity index (χ4n) is 3.11. The highest BCUT2D eigenvalue weighted by atomic mass is 32.2. The molecule has 2 heterocycles. The van der Waals surface area contributed by atoms with Gasteiger partial charge in [0.15, 0.2) is 0 Å². The van der Waals surface area contributed by atoms with Crippen LogP contribution in [-0.2, 0) is 14.8 Å². The first-order chi connectivity index (χ1) is 13.4. The third-order valence-electron chi connectivity index (χ3n) is 4.67. The highest BCUT2D eigenvalue weighted by Gasteiger charge is 2.30. The van der Waals surface area contributed by atoms with Gasteiger partial charge in [-0.05, 0) is 38.4 Å². The average Bonchev–Trinajstić information content (AvgIpc) is 3.23. The topological polar surface area (TPSA) is 92.1 Å². The van der Waals surface area contributed by atoms with Crippen LogP contribution >= 0.6 is 0 Å². The predicted octanol–water partition coefficient (Wildman–Crippen LogP) is 1.33. The van der Waals surface area contributed by atoms with Crippen LogP contribution < -0.4 is 5.32 Å². The maximum absolute atomic E-state index is 13.0. The first kappa shape index (κ1) is 20.5. The van der Waals surface area contributed by atoms with Crippen LogP contribution in [0.2, 0.25) is 0 Å². The summed E-state index contributed by atoms with van der Waals surface area (Å²) >= 11 is 0. The number of hydrogen-bond acceptors (Lipinski definition) is 6. The molecule has 1 saturated heterocycles. The van der Waals surface area contributed by atoms with Gasteiger partial charge in [0.1, 0.15) is 5.76 Å². The van der Waals surface area contributed by atoms with Crippen molar-refractivity contribution in [1.29, 1.82) is 0 Å². The molecule has 1 aromatic carbocycles. The molecule has 1 amide bonds. The number of carbonyl (C=O) groups is 1. The number of morpholine rings is 1. The van der Waals surface area contributed by atoms with Gasteiger partial charge in [-0.15, -0.1) is 0 Å². The van der Waals surface area contributed by atoms with Gasteiger partial charge in [0.25, 0.3) is 5.91 Å². The van der Waals surface area contributed by atoms with E-state index in [4.69, 9.17) is 9.15 Å². The standard InChI is InChI=1S/C19H25N3O5S/c1-21(2)16(17-7-5-11-27-17)14-20-19(23)15-6-3-4-8-18(15)28(24,25)22-9-12-26-13-10-22/h3-8,11,16H,9-10,12-14H2,1-2H3,(H,20,23). The largest absolute Gasteiger partial charge is 0.468 e. The van der Waals surface area contributed by atoms with Gasteiger partial charge in [-0.3, -0.25) is 9.69 Å². The van der Waals surface area contributed by atoms with Crippen LogP contribution in [0, 0.1) is 0 Å². The zero-order valence-electron chi connectivity index (χ0n) is 16.0. The first-order valence-electron chi connectivity index (χ1n) is 9.06. The smallest absolute Gasteiger partial charge is 0.252 e. The molecule has 1 aliphatic heterocycles. The summed E-state index contributed by atoms with van der Waals surface area (Å²) < 4.78 is 38.1. The number of rotatable bonds is 7. The molecule has 0 spiro atoms. The number of sulfonamides is 1. The molecule has 1 aliphatic rings. The Hall–Kier alpha value is -2.20. The molecule has 1 fully saturated rings. The molecular formula is C19H25N3O5S. The predicted molar refractivity (Wildman–Crippen MR) is 103 cm³/mol. The summed E-state index contributed by atoms with van der Waals surface area (Å²) in [7, 11) is -0.00206. The third-order valence-corrected chi connectivity index (χ3v) is 6.63. The molecule has 1 aromatic heterocycles. The molecule has 3 rings (SSSR count). The minimum Gasteiger partial charge on any atom is -0.468 e. The molecule has 1 N–H and O–H groups in total. The van der Waals surface area contributed by atoms with E-state index >= 15 is 0 Å². The number of nitrogens with one attached hydrogen (secondary N) is 1. The monoisotopic (exact) mass is 407 g/mol. The van der Waals surface area contributed by atoms with Crippen molar-refractivity contribution >= 4 is 15.9 Å². The lowest BCUT2D eigenvalue weighted by atomic mass is 10.1. The van der Waals surface area contributed by atoms with Crippen LogP contribution in [0.15, 0.2) is 52.0 Å². The number of hydrogen-bond donors (Lipinski definition) is 1. The molecule has 0 bridgehead atoms. The quantitative estimate of drug-likeness (QED) is 0.745. The van der Waals surface area contributed by atoms with E-state index in [1.807, 2.05) is 25.1 Å². The number of ether oxygens (including phenoxy) is 1. The number of likely N-dealkylation sites (N-methyl/N-ethyl adjacent to an activating group) is 1. The van der Waals surface area contributed by atoms with Gasteiger partial charge < -0.3 is 14.5 Å². The SMILES string of the molecule is CN(C)C(CNC(=O)c1ccccc1S(=O)(=O)N1CCOCC1)c1ccco1. The van der Waals surface area contributed by atoms with Crippen molar-refractivity contribution in [2.24, 2.45) is 0 Å². The Morgan fingerprint density at radius 2 is 1.89 bits per heavy atom. The van der Waals surface area contributed by atoms with E-state index in [1.165, 1.54) is 16.4 Å². The molecule has 8 nitrogen and oxygen atoms in total. The number of amides is 1. The van der Waals surface area contributed by atoms with Crippen LogP contribution in [0.25, 0.3) is 0 Å². The van der Waals surface area contributed by atoms with Crippen molar-refractivity contribution in [1.82, 2.24) is 14.5 Å². The van der Waals surface area contributed by atoms with Gasteiger partial charge in [-0.25, -0.2) is 8.42 Å². The Kier molecular flexibility index (Phi) is 6.50. The van der Waals surface area contributed by atoms with Gasteiger partial charge in [0.05, 0.1) is 36.0 Å². The van der Waals surface area contributed by atoms with Crippen LogP contribution in [0.1, 0.15) is 22.2 Å². The highest BCUT2D eigenvalue weighted by molar-refractivity contribution is 7.89. The molecule has 1 atom stereocenters. The second kappa shape index (κ2) is 8.87. The van der Waals surface area contributed by atoms with Crippen molar-refractivity contribution in [2.45, 2.75) is 10.9 Å². The Bertz CT molecular complexity index is 890. The van der Waals surface area contributed by atoms with E-state index in [2.05, 4.69) is 5.32 Å². The number of benzene rings is 1. The lowest BCUT2D eigenvalue weighted by Gasteiger charge is -2.27. The Balaban J connectivity index is 1.79. The van der Waals surface area contributed by atoms with E-state index in [0.29, 0.717) is 13.2 Å². The normalized spacial score (nSPS) is 16.8. The fourth-order valence-corrected chi connectivity index (χ4v) is 4.71. The summed E-state index contributed by atoms with van der Waals surface area (Å²) in [5.74, 6) is 0.283. The van der Waals surface area contributed by atoms with Crippen LogP contribution in [0.3, 0.4) is 0 Å². The van der Waals surface area contributed by atoms with Crippen molar-refractivity contribution in [2.75, 3.05) is 46.9 Å². The Labute approximate surface area is 165 Å². The molecule has 0 radical (unpaired) electrons.